The summed E-state index contributed by atoms with van der Waals surface area (Å²) in [5.41, 5.74) is 2.51. The summed E-state index contributed by atoms with van der Waals surface area (Å²) in [5, 5.41) is 20.1. The number of pyridine rings is 4. The number of fused-ring (bicyclic) bond motifs is 2. The summed E-state index contributed by atoms with van der Waals surface area (Å²) in [7, 11) is 0. The highest BCUT2D eigenvalue weighted by Crippen LogP contribution is 2.54. The lowest BCUT2D eigenvalue weighted by molar-refractivity contribution is -0.139. The highest BCUT2D eigenvalue weighted by Gasteiger charge is 2.55. The molecule has 3 saturated carbocycles. The number of carbonyl (C=O) groups excluding carboxylic acids is 7. The van der Waals surface area contributed by atoms with Gasteiger partial charge in [0.25, 0.3) is 22.9 Å². The van der Waals surface area contributed by atoms with Crippen molar-refractivity contribution in [3.05, 3.63) is 162 Å². The number of aliphatic carboxylic acids is 1. The molecule has 0 atom stereocenters. The van der Waals surface area contributed by atoms with Crippen molar-refractivity contribution in [2.24, 2.45) is 16.2 Å². The second kappa shape index (κ2) is 30.7. The number of Topliss-reactive ketones (excluding diaryl/α,β-unsaturated/α-hetero) is 1. The van der Waals surface area contributed by atoms with Crippen LogP contribution in [-0.2, 0) is 54.8 Å². The fraction of sp³-hybridized carbons (Fsp3) is 0.479. The number of ketones is 1. The first-order valence-electron chi connectivity index (χ1n) is 33.3. The summed E-state index contributed by atoms with van der Waals surface area (Å²) >= 11 is 11.7. The van der Waals surface area contributed by atoms with E-state index in [1.165, 1.54) is 79.4 Å². The Bertz CT molecular complexity index is 4130. The molecule has 8 aliphatic rings. The van der Waals surface area contributed by atoms with E-state index in [1.54, 1.807) is 102 Å². The van der Waals surface area contributed by atoms with E-state index in [0.29, 0.717) is 50.4 Å². The third kappa shape index (κ3) is 20.9. The van der Waals surface area contributed by atoms with E-state index >= 15 is 0 Å². The molecule has 0 unspecified atom stereocenters. The first-order valence-corrected chi connectivity index (χ1v) is 34.1. The number of halogens is 2. The van der Waals surface area contributed by atoms with Gasteiger partial charge in [-0.05, 0) is 184 Å². The molecule has 5 saturated heterocycles. The van der Waals surface area contributed by atoms with E-state index < -0.39 is 52.7 Å². The van der Waals surface area contributed by atoms with E-state index in [4.69, 9.17) is 42.5 Å². The van der Waals surface area contributed by atoms with Crippen LogP contribution < -0.4 is 27.1 Å². The van der Waals surface area contributed by atoms with Crippen molar-refractivity contribution in [3.63, 3.8) is 0 Å². The number of carboxylic acids is 1. The Morgan fingerprint density at radius 3 is 1.23 bits per heavy atom. The highest BCUT2D eigenvalue weighted by molar-refractivity contribution is 6.30. The number of amides is 6. The van der Waals surface area contributed by atoms with Crippen molar-refractivity contribution in [1.29, 1.82) is 0 Å². The van der Waals surface area contributed by atoms with E-state index in [2.05, 4.69) is 32.5 Å². The number of rotatable bonds is 10. The zero-order chi connectivity index (χ0) is 72.7. The number of carboxylic acid groups (broad SMARTS) is 1. The fourth-order valence-corrected chi connectivity index (χ4v) is 11.4. The Labute approximate surface area is 590 Å². The molecule has 6 aromatic rings. The molecule has 0 radical (unpaired) electrons. The quantitative estimate of drug-likeness (QED) is 0.0732. The number of nitrogens with one attached hydrogen (secondary N) is 3. The van der Waals surface area contributed by atoms with Crippen LogP contribution >= 0.6 is 23.2 Å². The van der Waals surface area contributed by atoms with E-state index in [9.17, 15) is 47.9 Å². The van der Waals surface area contributed by atoms with Crippen molar-refractivity contribution in [1.82, 2.24) is 54.7 Å². The van der Waals surface area contributed by atoms with Gasteiger partial charge >= 0.3 is 24.2 Å². The molecule has 9 heterocycles. The first-order chi connectivity index (χ1) is 47.0. The molecule has 534 valence electrons. The highest BCUT2D eigenvalue weighted by atomic mass is 35.5. The molecular weight excluding hydrogens is 1330 g/mol. The summed E-state index contributed by atoms with van der Waals surface area (Å²) < 4.78 is 17.7. The zero-order valence-corrected chi connectivity index (χ0v) is 59.7. The van der Waals surface area contributed by atoms with E-state index in [0.717, 1.165) is 52.9 Å². The first kappa shape index (κ1) is 75.0. The minimum absolute atomic E-state index is 0.00969. The maximum absolute atomic E-state index is 13.2. The summed E-state index contributed by atoms with van der Waals surface area (Å²) in [5.74, 6) is -2.31. The number of benzene rings is 2. The number of nitrogens with zero attached hydrogens (tertiary/aromatic N) is 8. The molecule has 3 spiro atoms. The standard InChI is InChI=1S/C23H21ClN4O3.C18H14ClN3O4.C10H17NO2.C9H15NO2.C8H13NO3.C5H9N/c24-17-5-3-15(4-6-17)11-26-21(30)18-10-16-2-1-9-25-20(16)28(22(18)31)12-19(29)27-13-23(14-27)7-8-23;19-13-5-3-11(4-6-13)9-21-17(25)14-8-12-2-1-7-20-16(12)22(18(14)26)10-15(23)24;1-9(2,3)13-8(12)11-6-10(7-11)4-5-10;1-7-5-10(6-7)8(11)12-9(2,3)4;1-8(2,3)12-7(11)9-4-6(10)5-9;1-2-5(1)3-6-4-5/h1-6,9-10H,7-8,11-14H2,(H,26,30);1-8H,9-10H2,(H,21,25)(H,23,24);4-7H2,1-3H3;1,5-6H2,2-4H3;4-5H2,1-3H3;6H,1-4H2. The Hall–Kier alpha value is -9.20. The van der Waals surface area contributed by atoms with Gasteiger partial charge in [-0.25, -0.2) is 24.4 Å². The SMILES string of the molecule is C1CC12CNC2.C=C1CN(C(=O)OC(C)(C)C)C1.CC(C)(C)OC(=O)N1CC(=O)C1.CC(C)(C)OC(=O)N1CC2(CC2)C1.O=C(NCc1ccc(Cl)cc1)c1cc2cccnc2n(CC(=O)N2CC3(CC3)C2)c1=O.O=C(O)Cn1c(=O)c(C(=O)NCc2ccc(Cl)cc2)cc2cccnc21. The molecular formula is C73H89Cl2N11O14. The summed E-state index contributed by atoms with van der Waals surface area (Å²) in [6.45, 7) is 27.9. The average Bonchev–Trinajstić information content (AvgIpc) is 1.57. The Kier molecular flexibility index (Phi) is 23.1. The maximum Gasteiger partial charge on any atom is 0.411 e. The number of ether oxygens (including phenoxy) is 3. The van der Waals surface area contributed by atoms with Gasteiger partial charge in [-0.1, -0.05) is 54.0 Å². The number of aromatic nitrogens is 4. The predicted molar refractivity (Wildman–Crippen MR) is 377 cm³/mol. The third-order valence-electron chi connectivity index (χ3n) is 17.4. The Morgan fingerprint density at radius 2 is 0.900 bits per heavy atom. The molecule has 6 amide bonds. The predicted octanol–water partition coefficient (Wildman–Crippen LogP) is 9.65. The summed E-state index contributed by atoms with van der Waals surface area (Å²) in [6, 6.07) is 23.8. The molecule has 2 aromatic carbocycles. The number of carbonyl (C=O) groups is 8. The van der Waals surface area contributed by atoms with Crippen LogP contribution in [0.15, 0.2) is 119 Å². The molecule has 14 rings (SSSR count). The monoisotopic (exact) mass is 1410 g/mol. The van der Waals surface area contributed by atoms with Crippen molar-refractivity contribution >= 4 is 93.0 Å². The lowest BCUT2D eigenvalue weighted by atomic mass is 9.97. The van der Waals surface area contributed by atoms with Gasteiger partial charge in [0, 0.05) is 109 Å². The largest absolute Gasteiger partial charge is 0.480 e. The van der Waals surface area contributed by atoms with E-state index in [-0.39, 0.29) is 79.0 Å². The molecule has 8 fully saturated rings. The van der Waals surface area contributed by atoms with Gasteiger partial charge in [0.15, 0.2) is 5.78 Å². The van der Waals surface area contributed by atoms with Crippen LogP contribution in [0.1, 0.15) is 133 Å². The van der Waals surface area contributed by atoms with Crippen LogP contribution in [-0.4, -0.2) is 174 Å². The molecule has 100 heavy (non-hydrogen) atoms. The van der Waals surface area contributed by atoms with Crippen LogP contribution in [0.5, 0.6) is 0 Å². The van der Waals surface area contributed by atoms with Crippen molar-refractivity contribution in [2.45, 2.75) is 144 Å². The lowest BCUT2D eigenvalue weighted by Crippen LogP contribution is -2.53. The molecule has 25 nitrogen and oxygen atoms in total. The van der Waals surface area contributed by atoms with Gasteiger partial charge < -0.3 is 50.0 Å². The summed E-state index contributed by atoms with van der Waals surface area (Å²) in [6.07, 6.45) is 10.2. The lowest BCUT2D eigenvalue weighted by Gasteiger charge is -2.40. The maximum atomic E-state index is 13.2. The zero-order valence-electron chi connectivity index (χ0n) is 58.2. The molecule has 0 bridgehead atoms. The van der Waals surface area contributed by atoms with Gasteiger partial charge in [0.1, 0.15) is 52.3 Å². The molecule has 3 aliphatic carbocycles. The number of likely N-dealkylation sites (tertiary alicyclic amines) is 4. The Morgan fingerprint density at radius 1 is 0.530 bits per heavy atom. The van der Waals surface area contributed by atoms with Crippen LogP contribution in [0, 0.1) is 16.2 Å². The normalized spacial score (nSPS) is 17.2. The van der Waals surface area contributed by atoms with E-state index in [1.807, 2.05) is 53.7 Å². The number of hydrogen-bond acceptors (Lipinski definition) is 16. The van der Waals surface area contributed by atoms with Crippen LogP contribution in [0.2, 0.25) is 10.0 Å². The van der Waals surface area contributed by atoms with Crippen LogP contribution in [0.25, 0.3) is 22.1 Å². The third-order valence-corrected chi connectivity index (χ3v) is 17.9. The van der Waals surface area contributed by atoms with Crippen LogP contribution in [0.3, 0.4) is 0 Å². The molecule has 27 heteroatoms. The molecule has 5 aliphatic heterocycles. The van der Waals surface area contributed by atoms with Gasteiger partial charge in [0.05, 0.1) is 13.1 Å². The molecule has 4 N–H and O–H groups in total. The van der Waals surface area contributed by atoms with Gasteiger partial charge in [-0.15, -0.1) is 0 Å². The fourth-order valence-electron chi connectivity index (χ4n) is 11.1. The number of hydrogen-bond donors (Lipinski definition) is 4. The van der Waals surface area contributed by atoms with Gasteiger partial charge in [0.2, 0.25) is 5.91 Å². The molecule has 4 aromatic heterocycles. The van der Waals surface area contributed by atoms with Gasteiger partial charge in [-0.3, -0.25) is 47.6 Å². The van der Waals surface area contributed by atoms with Crippen LogP contribution in [0.4, 0.5) is 14.4 Å². The minimum atomic E-state index is -1.20. The van der Waals surface area contributed by atoms with Gasteiger partial charge in [-0.2, -0.15) is 0 Å². The van der Waals surface area contributed by atoms with Crippen molar-refractivity contribution in [3.8, 4) is 0 Å². The average molecular weight is 1420 g/mol. The Balaban J connectivity index is 0.000000151. The second-order valence-electron chi connectivity index (χ2n) is 29.9. The summed E-state index contributed by atoms with van der Waals surface area (Å²) in [4.78, 5) is 134. The smallest absolute Gasteiger partial charge is 0.411 e. The van der Waals surface area contributed by atoms with Crippen molar-refractivity contribution in [2.75, 3.05) is 65.4 Å². The van der Waals surface area contributed by atoms with Crippen molar-refractivity contribution < 1.29 is 57.7 Å². The topological polar surface area (TPSA) is 303 Å². The minimum Gasteiger partial charge on any atom is -0.480 e. The second-order valence-corrected chi connectivity index (χ2v) is 30.8.